The molecule has 2 nitrogen and oxygen atoms in total. The van der Waals surface area contributed by atoms with Crippen LogP contribution in [-0.2, 0) is 11.2 Å². The average Bonchev–Trinajstić information content (AvgIpc) is 2.53. The summed E-state index contributed by atoms with van der Waals surface area (Å²) >= 11 is 0. The molecule has 0 radical (unpaired) electrons. The van der Waals surface area contributed by atoms with E-state index < -0.39 is 18.3 Å². The van der Waals surface area contributed by atoms with E-state index in [0.717, 1.165) is 0 Å². The van der Waals surface area contributed by atoms with Gasteiger partial charge in [0.1, 0.15) is 0 Å². The highest BCUT2D eigenvalue weighted by molar-refractivity contribution is 5.89. The predicted octanol–water partition coefficient (Wildman–Crippen LogP) is 3.72. The second kappa shape index (κ2) is 7.37. The Morgan fingerprint density at radius 3 is 2.23 bits per heavy atom. The number of carbonyl (C=O) groups excluding carboxylic acids is 1. The Bertz CT molecular complexity index is 670. The maximum atomic E-state index is 13.6. The van der Waals surface area contributed by atoms with E-state index in [1.807, 2.05) is 5.92 Å². The lowest BCUT2D eigenvalue weighted by Gasteiger charge is -2.08. The first kappa shape index (κ1) is 15.7. The number of halogens is 2. The minimum Gasteiger partial charge on any atom is -0.449 e. The Balaban J connectivity index is 1.86. The fraction of sp³-hybridized carbons (Fsp3) is 0.167. The van der Waals surface area contributed by atoms with Crippen molar-refractivity contribution in [2.75, 3.05) is 6.61 Å². The molecule has 0 saturated heterocycles. The van der Waals surface area contributed by atoms with Crippen LogP contribution in [0.15, 0.2) is 60.7 Å². The predicted molar refractivity (Wildman–Crippen MR) is 79.6 cm³/mol. The third-order valence-electron chi connectivity index (χ3n) is 2.83. The molecule has 0 aromatic heterocycles. The summed E-state index contributed by atoms with van der Waals surface area (Å²) in [6.45, 7) is -0.363. The van der Waals surface area contributed by atoms with Crippen molar-refractivity contribution >= 4 is 5.97 Å². The first-order valence-electron chi connectivity index (χ1n) is 6.71. The molecule has 0 heterocycles. The van der Waals surface area contributed by atoms with Crippen molar-refractivity contribution in [3.8, 4) is 11.8 Å². The Morgan fingerprint density at radius 2 is 1.59 bits per heavy atom. The van der Waals surface area contributed by atoms with Gasteiger partial charge in [-0.05, 0) is 23.6 Å². The lowest BCUT2D eigenvalue weighted by molar-refractivity contribution is 0.0544. The van der Waals surface area contributed by atoms with Crippen LogP contribution in [0.3, 0.4) is 0 Å². The molecule has 0 fully saturated rings. The lowest BCUT2D eigenvalue weighted by Crippen LogP contribution is -2.17. The molecule has 0 aliphatic carbocycles. The first-order chi connectivity index (χ1) is 10.6. The van der Waals surface area contributed by atoms with Crippen LogP contribution in [0.5, 0.6) is 0 Å². The summed E-state index contributed by atoms with van der Waals surface area (Å²) in [6, 6.07) is 16.7. The van der Waals surface area contributed by atoms with E-state index in [2.05, 4.69) is 5.92 Å². The van der Waals surface area contributed by atoms with Crippen molar-refractivity contribution in [1.29, 1.82) is 0 Å². The van der Waals surface area contributed by atoms with E-state index in [1.165, 1.54) is 0 Å². The molecule has 0 aliphatic heterocycles. The van der Waals surface area contributed by atoms with Crippen LogP contribution in [0.25, 0.3) is 0 Å². The standard InChI is InChI=1S/C18H14F2O2/c19-18(20,14-15-8-3-1-4-9-15)12-7-13-22-17(21)16-10-5-2-6-11-16/h1-6,8-11H,13-14H2. The average molecular weight is 300 g/mol. The Morgan fingerprint density at radius 1 is 1.00 bits per heavy atom. The summed E-state index contributed by atoms with van der Waals surface area (Å²) in [6.07, 6.45) is -0.465. The number of hydrogen-bond acceptors (Lipinski definition) is 2. The number of rotatable bonds is 4. The van der Waals surface area contributed by atoms with Crippen molar-refractivity contribution in [2.24, 2.45) is 0 Å². The van der Waals surface area contributed by atoms with Crippen molar-refractivity contribution in [1.82, 2.24) is 0 Å². The smallest absolute Gasteiger partial charge is 0.339 e. The molecule has 112 valence electrons. The zero-order chi connectivity index (χ0) is 15.8. The summed E-state index contributed by atoms with van der Waals surface area (Å²) in [7, 11) is 0. The van der Waals surface area contributed by atoms with Crippen LogP contribution >= 0.6 is 0 Å². The molecule has 0 unspecified atom stereocenters. The second-order valence-corrected chi connectivity index (χ2v) is 4.61. The molecule has 2 aromatic rings. The van der Waals surface area contributed by atoms with Gasteiger partial charge in [0, 0.05) is 6.42 Å². The zero-order valence-corrected chi connectivity index (χ0v) is 11.8. The molecule has 4 heteroatoms. The van der Waals surface area contributed by atoms with E-state index in [1.54, 1.807) is 60.7 Å². The fourth-order valence-electron chi connectivity index (χ4n) is 1.82. The van der Waals surface area contributed by atoms with Gasteiger partial charge in [-0.3, -0.25) is 0 Å². The number of benzene rings is 2. The quantitative estimate of drug-likeness (QED) is 0.635. The minimum absolute atomic E-state index is 0.361. The van der Waals surface area contributed by atoms with Crippen LogP contribution in [-0.4, -0.2) is 18.5 Å². The fourth-order valence-corrected chi connectivity index (χ4v) is 1.82. The van der Waals surface area contributed by atoms with Crippen LogP contribution < -0.4 is 0 Å². The Hall–Kier alpha value is -2.67. The summed E-state index contributed by atoms with van der Waals surface area (Å²) < 4.78 is 32.1. The van der Waals surface area contributed by atoms with Gasteiger partial charge in [-0.1, -0.05) is 54.5 Å². The monoisotopic (exact) mass is 300 g/mol. The number of ether oxygens (including phenoxy) is 1. The molecular formula is C18H14F2O2. The van der Waals surface area contributed by atoms with Crippen molar-refractivity contribution in [2.45, 2.75) is 12.3 Å². The molecule has 0 aliphatic rings. The minimum atomic E-state index is -3.15. The molecule has 0 amide bonds. The SMILES string of the molecule is O=C(OCC#CC(F)(F)Cc1ccccc1)c1ccccc1. The van der Waals surface area contributed by atoms with Crippen LogP contribution in [0.2, 0.25) is 0 Å². The third kappa shape index (κ3) is 5.02. The van der Waals surface area contributed by atoms with Gasteiger partial charge >= 0.3 is 11.9 Å². The van der Waals surface area contributed by atoms with Crippen LogP contribution in [0.1, 0.15) is 15.9 Å². The van der Waals surface area contributed by atoms with E-state index >= 15 is 0 Å². The van der Waals surface area contributed by atoms with Crippen LogP contribution in [0, 0.1) is 11.8 Å². The van der Waals surface area contributed by atoms with Gasteiger partial charge in [0.15, 0.2) is 6.61 Å². The lowest BCUT2D eigenvalue weighted by atomic mass is 10.1. The molecule has 0 N–H and O–H groups in total. The highest BCUT2D eigenvalue weighted by Crippen LogP contribution is 2.18. The van der Waals surface area contributed by atoms with Gasteiger partial charge in [0.25, 0.3) is 0 Å². The maximum Gasteiger partial charge on any atom is 0.339 e. The Kier molecular flexibility index (Phi) is 5.26. The van der Waals surface area contributed by atoms with Crippen LogP contribution in [0.4, 0.5) is 8.78 Å². The molecule has 0 spiro atoms. The van der Waals surface area contributed by atoms with E-state index in [0.29, 0.717) is 11.1 Å². The van der Waals surface area contributed by atoms with Gasteiger partial charge in [0.2, 0.25) is 0 Å². The topological polar surface area (TPSA) is 26.3 Å². The first-order valence-corrected chi connectivity index (χ1v) is 6.71. The van der Waals surface area contributed by atoms with Crippen molar-refractivity contribution < 1.29 is 18.3 Å². The zero-order valence-electron chi connectivity index (χ0n) is 11.8. The number of hydrogen-bond donors (Lipinski definition) is 0. The van der Waals surface area contributed by atoms with Gasteiger partial charge in [-0.25, -0.2) is 4.79 Å². The van der Waals surface area contributed by atoms with E-state index in [-0.39, 0.29) is 6.61 Å². The molecular weight excluding hydrogens is 286 g/mol. The van der Waals surface area contributed by atoms with Gasteiger partial charge in [0.05, 0.1) is 5.56 Å². The maximum absolute atomic E-state index is 13.6. The van der Waals surface area contributed by atoms with Gasteiger partial charge in [-0.2, -0.15) is 8.78 Å². The third-order valence-corrected chi connectivity index (χ3v) is 2.83. The molecule has 2 rings (SSSR count). The van der Waals surface area contributed by atoms with Gasteiger partial charge < -0.3 is 4.74 Å². The largest absolute Gasteiger partial charge is 0.449 e. The van der Waals surface area contributed by atoms with Crippen molar-refractivity contribution in [3.63, 3.8) is 0 Å². The Labute approximate surface area is 127 Å². The highest BCUT2D eigenvalue weighted by atomic mass is 19.3. The van der Waals surface area contributed by atoms with E-state index in [9.17, 15) is 13.6 Å². The number of carbonyl (C=O) groups is 1. The molecule has 22 heavy (non-hydrogen) atoms. The normalized spacial score (nSPS) is 10.5. The number of esters is 1. The molecule has 0 atom stereocenters. The summed E-state index contributed by atoms with van der Waals surface area (Å²) in [5.74, 6) is 0.323. The molecule has 2 aromatic carbocycles. The number of alkyl halides is 2. The van der Waals surface area contributed by atoms with Gasteiger partial charge in [-0.15, -0.1) is 0 Å². The highest BCUT2D eigenvalue weighted by Gasteiger charge is 2.25. The summed E-state index contributed by atoms with van der Waals surface area (Å²) in [4.78, 5) is 11.6. The second-order valence-electron chi connectivity index (χ2n) is 4.61. The summed E-state index contributed by atoms with van der Waals surface area (Å²) in [5.41, 5.74) is 0.864. The van der Waals surface area contributed by atoms with E-state index in [4.69, 9.17) is 4.74 Å². The molecule has 0 saturated carbocycles. The van der Waals surface area contributed by atoms with Crippen molar-refractivity contribution in [3.05, 3.63) is 71.8 Å². The molecule has 0 bridgehead atoms. The summed E-state index contributed by atoms with van der Waals surface area (Å²) in [5, 5.41) is 0.